The van der Waals surface area contributed by atoms with Crippen molar-refractivity contribution in [2.24, 2.45) is 0 Å². The number of nitrogens with zero attached hydrogens (tertiary/aromatic N) is 3. The van der Waals surface area contributed by atoms with Crippen LogP contribution in [-0.4, -0.2) is 54.1 Å². The van der Waals surface area contributed by atoms with Crippen molar-refractivity contribution < 1.29 is 9.18 Å². The number of fused-ring (bicyclic) bond motifs is 1. The Morgan fingerprint density at radius 2 is 1.83 bits per heavy atom. The third-order valence-electron chi connectivity index (χ3n) is 5.42. The van der Waals surface area contributed by atoms with E-state index in [0.29, 0.717) is 24.5 Å². The van der Waals surface area contributed by atoms with Gasteiger partial charge in [0.15, 0.2) is 0 Å². The summed E-state index contributed by atoms with van der Waals surface area (Å²) in [5, 5.41) is 1.11. The number of benzene rings is 2. The van der Waals surface area contributed by atoms with E-state index in [1.807, 2.05) is 25.1 Å². The van der Waals surface area contributed by atoms with Crippen molar-refractivity contribution in [3.63, 3.8) is 0 Å². The SMILES string of the molecule is C[B]c1ccc2c(CN3CCN(C(=O)c4ccc(F)cc4)CC3)cc(N)nc2c1. The molecule has 4 rings (SSSR count). The van der Waals surface area contributed by atoms with Gasteiger partial charge >= 0.3 is 0 Å². The minimum atomic E-state index is -0.334. The maximum atomic E-state index is 13.1. The monoisotopic (exact) mass is 389 g/mol. The van der Waals surface area contributed by atoms with Crippen molar-refractivity contribution in [3.05, 3.63) is 65.5 Å². The average Bonchev–Trinajstić information content (AvgIpc) is 2.73. The molecule has 1 aliphatic heterocycles. The quantitative estimate of drug-likeness (QED) is 0.696. The van der Waals surface area contributed by atoms with E-state index in [1.165, 1.54) is 24.3 Å². The molecule has 0 bridgehead atoms. The number of pyridine rings is 1. The number of piperazine rings is 1. The Balaban J connectivity index is 1.44. The van der Waals surface area contributed by atoms with Gasteiger partial charge in [-0.25, -0.2) is 9.37 Å². The van der Waals surface area contributed by atoms with Gasteiger partial charge in [0.1, 0.15) is 18.9 Å². The second-order valence-electron chi connectivity index (χ2n) is 7.35. The summed E-state index contributed by atoms with van der Waals surface area (Å²) in [6.45, 7) is 5.60. The molecule has 0 saturated carbocycles. The Morgan fingerprint density at radius 3 is 2.52 bits per heavy atom. The second kappa shape index (κ2) is 8.21. The highest BCUT2D eigenvalue weighted by Gasteiger charge is 2.22. The standard InChI is InChI=1S/C22H23BFN4O/c1-23-17-4-7-19-16(12-21(25)26-20(19)13-17)14-27-8-10-28(11-9-27)22(29)15-2-5-18(24)6-3-15/h2-7,12-13H,8-11,14H2,1H3,(H2,25,26). The predicted octanol–water partition coefficient (Wildman–Crippen LogP) is 2.29. The fourth-order valence-corrected chi connectivity index (χ4v) is 3.78. The number of rotatable bonds is 4. The summed E-state index contributed by atoms with van der Waals surface area (Å²) in [4.78, 5) is 21.2. The number of halogens is 1. The third kappa shape index (κ3) is 4.25. The minimum Gasteiger partial charge on any atom is -0.384 e. The normalized spacial score (nSPS) is 14.9. The summed E-state index contributed by atoms with van der Waals surface area (Å²) in [5.41, 5.74) is 9.73. The lowest BCUT2D eigenvalue weighted by molar-refractivity contribution is 0.0629. The lowest BCUT2D eigenvalue weighted by Gasteiger charge is -2.35. The van der Waals surface area contributed by atoms with Crippen LogP contribution in [0.2, 0.25) is 6.82 Å². The molecule has 1 saturated heterocycles. The number of hydrogen-bond acceptors (Lipinski definition) is 4. The van der Waals surface area contributed by atoms with Crippen LogP contribution in [0.15, 0.2) is 48.5 Å². The Morgan fingerprint density at radius 1 is 1.10 bits per heavy atom. The maximum Gasteiger partial charge on any atom is 0.253 e. The van der Waals surface area contributed by atoms with Crippen LogP contribution in [0.25, 0.3) is 10.9 Å². The number of amides is 1. The van der Waals surface area contributed by atoms with E-state index < -0.39 is 0 Å². The first kappa shape index (κ1) is 19.4. The molecule has 7 heteroatoms. The van der Waals surface area contributed by atoms with Crippen LogP contribution in [-0.2, 0) is 6.54 Å². The van der Waals surface area contributed by atoms with E-state index in [4.69, 9.17) is 5.73 Å². The minimum absolute atomic E-state index is 0.0494. The maximum absolute atomic E-state index is 13.1. The first-order valence-corrected chi connectivity index (χ1v) is 9.79. The van der Waals surface area contributed by atoms with Crippen LogP contribution < -0.4 is 11.2 Å². The van der Waals surface area contributed by atoms with Gasteiger partial charge in [0.2, 0.25) is 0 Å². The van der Waals surface area contributed by atoms with Crippen molar-refractivity contribution in [2.45, 2.75) is 13.4 Å². The number of aromatic nitrogens is 1. The third-order valence-corrected chi connectivity index (χ3v) is 5.42. The van der Waals surface area contributed by atoms with E-state index in [9.17, 15) is 9.18 Å². The molecule has 0 spiro atoms. The average molecular weight is 389 g/mol. The summed E-state index contributed by atoms with van der Waals surface area (Å²) >= 11 is 0. The molecule has 2 heterocycles. The fraction of sp³-hybridized carbons (Fsp3) is 0.273. The first-order chi connectivity index (χ1) is 14.0. The van der Waals surface area contributed by atoms with Crippen LogP contribution in [0, 0.1) is 5.82 Å². The Labute approximate surface area is 170 Å². The summed E-state index contributed by atoms with van der Waals surface area (Å²) in [6, 6.07) is 13.9. The van der Waals surface area contributed by atoms with Crippen LogP contribution in [0.1, 0.15) is 15.9 Å². The lowest BCUT2D eigenvalue weighted by Crippen LogP contribution is -2.48. The zero-order valence-corrected chi connectivity index (χ0v) is 16.4. The highest BCUT2D eigenvalue weighted by Crippen LogP contribution is 2.21. The zero-order valence-electron chi connectivity index (χ0n) is 16.4. The molecular formula is C22H23BFN4O. The van der Waals surface area contributed by atoms with E-state index in [-0.39, 0.29) is 11.7 Å². The predicted molar refractivity (Wildman–Crippen MR) is 115 cm³/mol. The van der Waals surface area contributed by atoms with Gasteiger partial charge in [-0.1, -0.05) is 24.4 Å². The summed E-state index contributed by atoms with van der Waals surface area (Å²) in [5.74, 6) is 0.136. The van der Waals surface area contributed by atoms with Crippen LogP contribution in [0.3, 0.4) is 0 Å². The van der Waals surface area contributed by atoms with E-state index >= 15 is 0 Å². The molecule has 29 heavy (non-hydrogen) atoms. The van der Waals surface area contributed by atoms with Crippen molar-refractivity contribution in [2.75, 3.05) is 31.9 Å². The lowest BCUT2D eigenvalue weighted by atomic mass is 9.73. The van der Waals surface area contributed by atoms with Gasteiger partial charge in [-0.15, -0.1) is 0 Å². The largest absolute Gasteiger partial charge is 0.384 e. The summed E-state index contributed by atoms with van der Waals surface area (Å²) in [7, 11) is 2.04. The highest BCUT2D eigenvalue weighted by atomic mass is 19.1. The van der Waals surface area contributed by atoms with Crippen molar-refractivity contribution in [1.82, 2.24) is 14.8 Å². The molecule has 147 valence electrons. The van der Waals surface area contributed by atoms with Crippen LogP contribution >= 0.6 is 0 Å². The van der Waals surface area contributed by atoms with Gasteiger partial charge in [0, 0.05) is 43.7 Å². The fourth-order valence-electron chi connectivity index (χ4n) is 3.78. The molecule has 1 fully saturated rings. The first-order valence-electron chi connectivity index (χ1n) is 9.79. The molecule has 2 aromatic carbocycles. The van der Waals surface area contributed by atoms with Gasteiger partial charge in [-0.2, -0.15) is 0 Å². The van der Waals surface area contributed by atoms with E-state index in [2.05, 4.69) is 28.1 Å². The summed E-state index contributed by atoms with van der Waals surface area (Å²) in [6.07, 6.45) is 0. The summed E-state index contributed by atoms with van der Waals surface area (Å²) < 4.78 is 13.1. The zero-order chi connectivity index (χ0) is 20.4. The highest BCUT2D eigenvalue weighted by molar-refractivity contribution is 6.52. The Hall–Kier alpha value is -2.93. The number of carbonyl (C=O) groups is 1. The Kier molecular flexibility index (Phi) is 5.49. The molecule has 0 unspecified atom stereocenters. The number of carbonyl (C=O) groups excluding carboxylic acids is 1. The molecule has 0 atom stereocenters. The van der Waals surface area contributed by atoms with Crippen molar-refractivity contribution in [3.8, 4) is 0 Å². The number of nitrogen functional groups attached to an aromatic ring is 1. The van der Waals surface area contributed by atoms with Crippen molar-refractivity contribution >= 4 is 35.4 Å². The van der Waals surface area contributed by atoms with Gasteiger partial charge < -0.3 is 10.6 Å². The van der Waals surface area contributed by atoms with E-state index in [1.54, 1.807) is 0 Å². The van der Waals surface area contributed by atoms with Crippen molar-refractivity contribution in [1.29, 1.82) is 0 Å². The topological polar surface area (TPSA) is 62.5 Å². The van der Waals surface area contributed by atoms with Gasteiger partial charge in [0.25, 0.3) is 5.91 Å². The smallest absolute Gasteiger partial charge is 0.253 e. The molecule has 1 aromatic heterocycles. The Bertz CT molecular complexity index is 1030. The molecule has 1 aliphatic rings. The van der Waals surface area contributed by atoms with Gasteiger partial charge in [-0.3, -0.25) is 9.69 Å². The van der Waals surface area contributed by atoms with Crippen LogP contribution in [0.5, 0.6) is 0 Å². The molecule has 1 amide bonds. The van der Waals surface area contributed by atoms with Gasteiger partial charge in [0.05, 0.1) is 5.52 Å². The van der Waals surface area contributed by atoms with Crippen LogP contribution in [0.4, 0.5) is 10.2 Å². The molecule has 5 nitrogen and oxygen atoms in total. The molecule has 1 radical (unpaired) electrons. The molecule has 3 aromatic rings. The number of hydrogen-bond donors (Lipinski definition) is 1. The number of nitrogens with two attached hydrogens (primary N) is 1. The second-order valence-corrected chi connectivity index (χ2v) is 7.35. The molecular weight excluding hydrogens is 366 g/mol. The molecule has 2 N–H and O–H groups in total. The molecule has 0 aliphatic carbocycles. The van der Waals surface area contributed by atoms with E-state index in [0.717, 1.165) is 41.6 Å². The van der Waals surface area contributed by atoms with Gasteiger partial charge in [-0.05, 0) is 42.0 Å². The number of anilines is 1.